The molecule has 0 saturated carbocycles. The second-order valence-corrected chi connectivity index (χ2v) is 6.15. The number of nitrogens with zero attached hydrogens (tertiary/aromatic N) is 1. The average molecular weight is 318 g/mol. The number of furan rings is 1. The van der Waals surface area contributed by atoms with Gasteiger partial charge in [-0.25, -0.2) is 8.78 Å². The highest BCUT2D eigenvalue weighted by Gasteiger charge is 2.38. The fraction of sp³-hybridized carbons (Fsp3) is 0.353. The van der Waals surface area contributed by atoms with Gasteiger partial charge in [0.15, 0.2) is 17.4 Å². The van der Waals surface area contributed by atoms with Gasteiger partial charge in [0.25, 0.3) is 5.91 Å². The molecular formula is C17H16F2N2O2. The minimum absolute atomic E-state index is 0.00934. The van der Waals surface area contributed by atoms with Crippen molar-refractivity contribution in [1.82, 2.24) is 10.2 Å². The zero-order valence-electron chi connectivity index (χ0n) is 12.4. The zero-order chi connectivity index (χ0) is 16.0. The largest absolute Gasteiger partial charge is 0.451 e. The van der Waals surface area contributed by atoms with Crippen molar-refractivity contribution in [2.24, 2.45) is 5.92 Å². The molecule has 1 amide bonds. The lowest BCUT2D eigenvalue weighted by molar-refractivity contribution is 0.0897. The van der Waals surface area contributed by atoms with Crippen LogP contribution in [0.4, 0.5) is 8.78 Å². The molecule has 2 aliphatic rings. The first-order chi connectivity index (χ1) is 11.1. The van der Waals surface area contributed by atoms with Gasteiger partial charge in [-0.05, 0) is 43.1 Å². The van der Waals surface area contributed by atoms with Crippen LogP contribution in [0, 0.1) is 17.6 Å². The number of fused-ring (bicyclic) bond motifs is 2. The van der Waals surface area contributed by atoms with E-state index in [-0.39, 0.29) is 29.0 Å². The number of benzene rings is 1. The Kier molecular flexibility index (Phi) is 3.41. The summed E-state index contributed by atoms with van der Waals surface area (Å²) in [7, 11) is 0. The number of hydrogen-bond donors (Lipinski definition) is 1. The number of carbonyl (C=O) groups excluding carboxylic acids is 1. The van der Waals surface area contributed by atoms with Gasteiger partial charge in [0.2, 0.25) is 0 Å². The van der Waals surface area contributed by atoms with Crippen molar-refractivity contribution < 1.29 is 18.0 Å². The Morgan fingerprint density at radius 2 is 2.09 bits per heavy atom. The highest BCUT2D eigenvalue weighted by Crippen LogP contribution is 2.29. The maximum atomic E-state index is 13.8. The van der Waals surface area contributed by atoms with Crippen LogP contribution in [0.2, 0.25) is 0 Å². The first kappa shape index (κ1) is 14.4. The van der Waals surface area contributed by atoms with Gasteiger partial charge in [0, 0.05) is 19.1 Å². The van der Waals surface area contributed by atoms with Crippen LogP contribution in [0.15, 0.2) is 34.7 Å². The Morgan fingerprint density at radius 3 is 2.83 bits per heavy atom. The van der Waals surface area contributed by atoms with Crippen LogP contribution in [-0.2, 0) is 0 Å². The average Bonchev–Trinajstić information content (AvgIpc) is 3.25. The van der Waals surface area contributed by atoms with E-state index >= 15 is 0 Å². The van der Waals surface area contributed by atoms with Gasteiger partial charge in [0.1, 0.15) is 5.76 Å². The van der Waals surface area contributed by atoms with E-state index in [9.17, 15) is 13.6 Å². The van der Waals surface area contributed by atoms with Crippen molar-refractivity contribution >= 4 is 5.91 Å². The molecule has 1 N–H and O–H groups in total. The lowest BCUT2D eigenvalue weighted by Gasteiger charge is -2.22. The zero-order valence-corrected chi connectivity index (χ0v) is 12.4. The molecule has 2 fully saturated rings. The molecule has 2 aromatic rings. The molecule has 2 aliphatic heterocycles. The summed E-state index contributed by atoms with van der Waals surface area (Å²) in [5, 5.41) is 2.98. The van der Waals surface area contributed by atoms with Crippen LogP contribution >= 0.6 is 0 Å². The number of nitrogens with one attached hydrogen (secondary N) is 1. The number of carbonyl (C=O) groups is 1. The van der Waals surface area contributed by atoms with Crippen molar-refractivity contribution in [2.75, 3.05) is 19.6 Å². The highest BCUT2D eigenvalue weighted by atomic mass is 19.2. The number of rotatable bonds is 3. The second kappa shape index (κ2) is 5.45. The maximum Gasteiger partial charge on any atom is 0.287 e. The van der Waals surface area contributed by atoms with Crippen molar-refractivity contribution in [2.45, 2.75) is 12.5 Å². The predicted octanol–water partition coefficient (Wildman–Crippen LogP) is 2.66. The summed E-state index contributed by atoms with van der Waals surface area (Å²) in [6.45, 7) is 2.99. The summed E-state index contributed by atoms with van der Waals surface area (Å²) in [5.41, 5.74) is 0.00934. The molecule has 1 unspecified atom stereocenters. The van der Waals surface area contributed by atoms with E-state index in [1.807, 2.05) is 0 Å². The van der Waals surface area contributed by atoms with Gasteiger partial charge in [-0.3, -0.25) is 4.79 Å². The topological polar surface area (TPSA) is 45.5 Å². The van der Waals surface area contributed by atoms with E-state index < -0.39 is 11.6 Å². The van der Waals surface area contributed by atoms with E-state index in [0.717, 1.165) is 32.1 Å². The third-order valence-corrected chi connectivity index (χ3v) is 4.70. The van der Waals surface area contributed by atoms with Gasteiger partial charge >= 0.3 is 0 Å². The summed E-state index contributed by atoms with van der Waals surface area (Å²) >= 11 is 0. The third-order valence-electron chi connectivity index (χ3n) is 4.70. The molecule has 0 aliphatic carbocycles. The molecule has 6 heteroatoms. The predicted molar refractivity (Wildman–Crippen MR) is 79.9 cm³/mol. The normalized spacial score (nSPS) is 25.7. The third kappa shape index (κ3) is 2.53. The number of halogens is 2. The van der Waals surface area contributed by atoms with E-state index in [2.05, 4.69) is 10.2 Å². The first-order valence-electron chi connectivity index (χ1n) is 7.69. The SMILES string of the molecule is O=C(N[C@H]1CN2CC[C@@H]1C2)c1ccc(-c2cccc(F)c2F)o1. The summed E-state index contributed by atoms with van der Waals surface area (Å²) in [5.74, 6) is -1.48. The second-order valence-electron chi connectivity index (χ2n) is 6.15. The van der Waals surface area contributed by atoms with Crippen LogP contribution < -0.4 is 5.32 Å². The van der Waals surface area contributed by atoms with Gasteiger partial charge in [-0.1, -0.05) is 6.07 Å². The number of piperidine rings is 1. The molecule has 0 radical (unpaired) electrons. The highest BCUT2D eigenvalue weighted by molar-refractivity contribution is 5.92. The van der Waals surface area contributed by atoms with Crippen molar-refractivity contribution in [3.8, 4) is 11.3 Å². The Bertz CT molecular complexity index is 759. The Morgan fingerprint density at radius 1 is 1.22 bits per heavy atom. The summed E-state index contributed by atoms with van der Waals surface area (Å²) in [4.78, 5) is 14.6. The van der Waals surface area contributed by atoms with Gasteiger partial charge in [0.05, 0.1) is 5.56 Å². The Labute approximate surface area is 132 Å². The van der Waals surface area contributed by atoms with E-state index in [0.29, 0.717) is 5.92 Å². The molecule has 3 atom stereocenters. The molecule has 1 aromatic carbocycles. The van der Waals surface area contributed by atoms with Crippen LogP contribution in [0.5, 0.6) is 0 Å². The summed E-state index contributed by atoms with van der Waals surface area (Å²) in [6, 6.07) is 6.97. The van der Waals surface area contributed by atoms with Crippen LogP contribution in [0.3, 0.4) is 0 Å². The van der Waals surface area contributed by atoms with Crippen LogP contribution in [0.25, 0.3) is 11.3 Å². The number of hydrogen-bond acceptors (Lipinski definition) is 3. The van der Waals surface area contributed by atoms with Gasteiger partial charge < -0.3 is 14.6 Å². The van der Waals surface area contributed by atoms with Crippen molar-refractivity contribution in [1.29, 1.82) is 0 Å². The Hall–Kier alpha value is -2.21. The van der Waals surface area contributed by atoms with Gasteiger partial charge in [-0.2, -0.15) is 0 Å². The molecule has 4 nitrogen and oxygen atoms in total. The monoisotopic (exact) mass is 318 g/mol. The van der Waals surface area contributed by atoms with Crippen molar-refractivity contribution in [3.05, 3.63) is 47.7 Å². The molecule has 23 heavy (non-hydrogen) atoms. The molecule has 1 aromatic heterocycles. The lowest BCUT2D eigenvalue weighted by Crippen LogP contribution is -2.43. The molecule has 3 heterocycles. The lowest BCUT2D eigenvalue weighted by atomic mass is 10.00. The minimum Gasteiger partial charge on any atom is -0.451 e. The molecule has 2 saturated heterocycles. The van der Waals surface area contributed by atoms with Crippen molar-refractivity contribution in [3.63, 3.8) is 0 Å². The fourth-order valence-corrected chi connectivity index (χ4v) is 3.49. The molecule has 4 rings (SSSR count). The van der Waals surface area contributed by atoms with Gasteiger partial charge in [-0.15, -0.1) is 0 Å². The summed E-state index contributed by atoms with van der Waals surface area (Å²) < 4.78 is 32.5. The van der Waals surface area contributed by atoms with Crippen LogP contribution in [-0.4, -0.2) is 36.5 Å². The quantitative estimate of drug-likeness (QED) is 0.946. The molecule has 0 spiro atoms. The van der Waals surface area contributed by atoms with Crippen LogP contribution in [0.1, 0.15) is 17.0 Å². The molecular weight excluding hydrogens is 302 g/mol. The summed E-state index contributed by atoms with van der Waals surface area (Å²) in [6.07, 6.45) is 1.10. The molecule has 120 valence electrons. The minimum atomic E-state index is -0.977. The van der Waals surface area contributed by atoms with E-state index in [1.54, 1.807) is 0 Å². The fourth-order valence-electron chi connectivity index (χ4n) is 3.49. The van der Waals surface area contributed by atoms with E-state index in [1.165, 1.54) is 24.3 Å². The Balaban J connectivity index is 1.51. The number of amides is 1. The standard InChI is InChI=1S/C17H16F2N2O2/c18-12-3-1-2-11(16(12)19)14-4-5-15(23-14)17(22)20-13-9-21-7-6-10(13)8-21/h1-5,10,13H,6-9H2,(H,20,22)/t10-,13+/m1/s1. The first-order valence-corrected chi connectivity index (χ1v) is 7.69. The maximum absolute atomic E-state index is 13.8. The smallest absolute Gasteiger partial charge is 0.287 e. The molecule has 2 bridgehead atoms. The van der Waals surface area contributed by atoms with E-state index in [4.69, 9.17) is 4.42 Å².